The number of nitrogens with zero attached hydrogens (tertiary/aromatic N) is 2. The maximum Gasteiger partial charge on any atom is 0.145 e. The van der Waals surface area contributed by atoms with E-state index in [1.165, 1.54) is 0 Å². The molecule has 6 nitrogen and oxygen atoms in total. The zero-order valence-electron chi connectivity index (χ0n) is 10.1. The van der Waals surface area contributed by atoms with E-state index in [1.54, 1.807) is 6.07 Å². The Kier molecular flexibility index (Phi) is 3.44. The van der Waals surface area contributed by atoms with Gasteiger partial charge in [0.15, 0.2) is 0 Å². The van der Waals surface area contributed by atoms with Crippen LogP contribution in [-0.4, -0.2) is 27.2 Å². The molecule has 0 amide bonds. The Hall–Kier alpha value is -1.40. The van der Waals surface area contributed by atoms with Gasteiger partial charge in [0.2, 0.25) is 0 Å². The van der Waals surface area contributed by atoms with E-state index in [1.807, 2.05) is 13.8 Å². The largest absolute Gasteiger partial charge is 0.393 e. The molecule has 1 fully saturated rings. The van der Waals surface area contributed by atoms with Gasteiger partial charge in [0.05, 0.1) is 6.10 Å². The van der Waals surface area contributed by atoms with Gasteiger partial charge in [-0.2, -0.15) is 0 Å². The topological polar surface area (TPSA) is 96.1 Å². The van der Waals surface area contributed by atoms with Crippen LogP contribution in [0.3, 0.4) is 0 Å². The molecule has 17 heavy (non-hydrogen) atoms. The van der Waals surface area contributed by atoms with Gasteiger partial charge in [-0.25, -0.2) is 15.8 Å². The average Bonchev–Trinajstić information content (AvgIpc) is 2.26. The summed E-state index contributed by atoms with van der Waals surface area (Å²) in [6.45, 7) is 4.07. The van der Waals surface area contributed by atoms with Crippen LogP contribution in [0.2, 0.25) is 0 Å². The van der Waals surface area contributed by atoms with Crippen molar-refractivity contribution < 1.29 is 5.11 Å². The molecule has 1 aliphatic carbocycles. The van der Waals surface area contributed by atoms with E-state index in [-0.39, 0.29) is 12.0 Å². The van der Waals surface area contributed by atoms with Crippen molar-refractivity contribution in [3.05, 3.63) is 11.9 Å². The van der Waals surface area contributed by atoms with Gasteiger partial charge in [-0.3, -0.25) is 0 Å². The summed E-state index contributed by atoms with van der Waals surface area (Å²) in [5, 5.41) is 12.5. The van der Waals surface area contributed by atoms with Crippen LogP contribution in [0.25, 0.3) is 0 Å². The Morgan fingerprint density at radius 2 is 2.00 bits per heavy atom. The van der Waals surface area contributed by atoms with E-state index in [0.29, 0.717) is 11.9 Å². The molecule has 5 N–H and O–H groups in total. The summed E-state index contributed by atoms with van der Waals surface area (Å²) in [6, 6.07) is 2.07. The molecule has 1 aromatic rings. The Bertz CT molecular complexity index is 389. The number of nitrogens with two attached hydrogens (primary N) is 1. The first-order valence-electron chi connectivity index (χ1n) is 5.88. The summed E-state index contributed by atoms with van der Waals surface area (Å²) < 4.78 is 0. The van der Waals surface area contributed by atoms with Crippen LogP contribution in [0.15, 0.2) is 6.07 Å². The number of anilines is 2. The number of aromatic nitrogens is 2. The normalized spacial score (nSPS) is 23.4. The van der Waals surface area contributed by atoms with Gasteiger partial charge in [0.1, 0.15) is 17.5 Å². The third-order valence-corrected chi connectivity index (χ3v) is 2.87. The van der Waals surface area contributed by atoms with Crippen LogP contribution >= 0.6 is 0 Å². The summed E-state index contributed by atoms with van der Waals surface area (Å²) >= 11 is 0. The number of hydrazine groups is 1. The molecule has 0 aliphatic heterocycles. The first kappa shape index (κ1) is 12.1. The van der Waals surface area contributed by atoms with E-state index in [4.69, 9.17) is 5.84 Å². The fourth-order valence-corrected chi connectivity index (χ4v) is 1.79. The van der Waals surface area contributed by atoms with Crippen molar-refractivity contribution >= 4 is 11.6 Å². The molecular weight excluding hydrogens is 218 g/mol. The predicted molar refractivity (Wildman–Crippen MR) is 66.6 cm³/mol. The maximum absolute atomic E-state index is 9.23. The standard InChI is InChI=1S/C11H19N5O/c1-6(2)11-14-9(5-10(15-11)16-12)13-7-3-8(17)4-7/h5-8,17H,3-4,12H2,1-2H3,(H2,13,14,15,16). The highest BCUT2D eigenvalue weighted by Crippen LogP contribution is 2.24. The molecule has 6 heteroatoms. The molecule has 94 valence electrons. The number of nitrogen functional groups attached to an aromatic ring is 1. The summed E-state index contributed by atoms with van der Waals surface area (Å²) in [5.41, 5.74) is 2.54. The highest BCUT2D eigenvalue weighted by molar-refractivity contribution is 5.48. The number of hydrogen-bond acceptors (Lipinski definition) is 6. The van der Waals surface area contributed by atoms with Gasteiger partial charge < -0.3 is 15.8 Å². The fraction of sp³-hybridized carbons (Fsp3) is 0.636. The Labute approximate surface area is 101 Å². The monoisotopic (exact) mass is 237 g/mol. The minimum atomic E-state index is -0.175. The van der Waals surface area contributed by atoms with Crippen molar-refractivity contribution in [1.82, 2.24) is 9.97 Å². The van der Waals surface area contributed by atoms with Crippen LogP contribution in [0.1, 0.15) is 38.4 Å². The predicted octanol–water partition coefficient (Wildman–Crippen LogP) is 0.821. The SMILES string of the molecule is CC(C)c1nc(NN)cc(NC2CC(O)C2)n1. The lowest BCUT2D eigenvalue weighted by Gasteiger charge is -2.32. The van der Waals surface area contributed by atoms with E-state index < -0.39 is 0 Å². The molecule has 1 aliphatic rings. The van der Waals surface area contributed by atoms with Gasteiger partial charge in [-0.1, -0.05) is 13.8 Å². The molecule has 2 rings (SSSR count). The Morgan fingerprint density at radius 3 is 2.53 bits per heavy atom. The van der Waals surface area contributed by atoms with Crippen molar-refractivity contribution in [2.24, 2.45) is 5.84 Å². The second-order valence-electron chi connectivity index (χ2n) is 4.76. The first-order chi connectivity index (χ1) is 8.08. The van der Waals surface area contributed by atoms with Crippen LogP contribution in [0.5, 0.6) is 0 Å². The zero-order chi connectivity index (χ0) is 12.4. The second kappa shape index (κ2) is 4.85. The van der Waals surface area contributed by atoms with E-state index in [2.05, 4.69) is 20.7 Å². The smallest absolute Gasteiger partial charge is 0.145 e. The van der Waals surface area contributed by atoms with Gasteiger partial charge in [0, 0.05) is 18.0 Å². The summed E-state index contributed by atoms with van der Waals surface area (Å²) in [7, 11) is 0. The number of aliphatic hydroxyl groups is 1. The zero-order valence-corrected chi connectivity index (χ0v) is 10.1. The molecule has 0 unspecified atom stereocenters. The van der Waals surface area contributed by atoms with E-state index in [9.17, 15) is 5.11 Å². The van der Waals surface area contributed by atoms with Crippen LogP contribution < -0.4 is 16.6 Å². The highest BCUT2D eigenvalue weighted by atomic mass is 16.3. The Morgan fingerprint density at radius 1 is 1.35 bits per heavy atom. The third kappa shape index (κ3) is 2.83. The number of nitrogens with one attached hydrogen (secondary N) is 2. The van der Waals surface area contributed by atoms with Crippen molar-refractivity contribution in [2.45, 2.75) is 44.8 Å². The molecule has 1 saturated carbocycles. The maximum atomic E-state index is 9.23. The third-order valence-electron chi connectivity index (χ3n) is 2.87. The molecule has 0 bridgehead atoms. The molecule has 1 aromatic heterocycles. The molecule has 1 heterocycles. The van der Waals surface area contributed by atoms with E-state index in [0.717, 1.165) is 24.5 Å². The van der Waals surface area contributed by atoms with Crippen LogP contribution in [-0.2, 0) is 0 Å². The van der Waals surface area contributed by atoms with Gasteiger partial charge in [-0.05, 0) is 12.8 Å². The van der Waals surface area contributed by atoms with Crippen molar-refractivity contribution in [2.75, 3.05) is 10.7 Å². The molecule has 0 spiro atoms. The first-order valence-corrected chi connectivity index (χ1v) is 5.88. The fourth-order valence-electron chi connectivity index (χ4n) is 1.79. The summed E-state index contributed by atoms with van der Waals surface area (Å²) in [5.74, 6) is 7.74. The lowest BCUT2D eigenvalue weighted by atomic mass is 9.89. The summed E-state index contributed by atoms with van der Waals surface area (Å²) in [6.07, 6.45) is 1.37. The number of aliphatic hydroxyl groups excluding tert-OH is 1. The molecule has 0 aromatic carbocycles. The average molecular weight is 237 g/mol. The summed E-state index contributed by atoms with van der Waals surface area (Å²) in [4.78, 5) is 8.71. The lowest BCUT2D eigenvalue weighted by molar-refractivity contribution is 0.0835. The quantitative estimate of drug-likeness (QED) is 0.457. The van der Waals surface area contributed by atoms with Crippen molar-refractivity contribution in [3.8, 4) is 0 Å². The van der Waals surface area contributed by atoms with Crippen molar-refractivity contribution in [1.29, 1.82) is 0 Å². The van der Waals surface area contributed by atoms with Gasteiger partial charge in [-0.15, -0.1) is 0 Å². The number of rotatable bonds is 4. The number of hydrogen-bond donors (Lipinski definition) is 4. The van der Waals surface area contributed by atoms with Crippen molar-refractivity contribution in [3.63, 3.8) is 0 Å². The highest BCUT2D eigenvalue weighted by Gasteiger charge is 2.27. The Balaban J connectivity index is 2.12. The molecule has 0 saturated heterocycles. The molecule has 0 atom stereocenters. The molecular formula is C11H19N5O. The van der Waals surface area contributed by atoms with Gasteiger partial charge >= 0.3 is 0 Å². The van der Waals surface area contributed by atoms with Gasteiger partial charge in [0.25, 0.3) is 0 Å². The minimum Gasteiger partial charge on any atom is -0.393 e. The lowest BCUT2D eigenvalue weighted by Crippen LogP contribution is -2.39. The van der Waals surface area contributed by atoms with Crippen LogP contribution in [0, 0.1) is 0 Å². The minimum absolute atomic E-state index is 0.175. The second-order valence-corrected chi connectivity index (χ2v) is 4.76. The van der Waals surface area contributed by atoms with Crippen LogP contribution in [0.4, 0.5) is 11.6 Å². The van der Waals surface area contributed by atoms with E-state index >= 15 is 0 Å². The molecule has 0 radical (unpaired) electrons.